The maximum absolute atomic E-state index is 12.9. The molecule has 0 radical (unpaired) electrons. The first-order valence-corrected chi connectivity index (χ1v) is 9.99. The Balaban J connectivity index is 1.89. The zero-order valence-electron chi connectivity index (χ0n) is 15.9. The molecule has 144 valence electrons. The molecule has 1 N–H and O–H groups in total. The number of nitrogens with zero attached hydrogens (tertiary/aromatic N) is 2. The summed E-state index contributed by atoms with van der Waals surface area (Å²) < 4.78 is 0. The molecule has 1 aliphatic heterocycles. The minimum atomic E-state index is -0.969. The number of carboxylic acid groups (broad SMARTS) is 1. The van der Waals surface area contributed by atoms with Gasteiger partial charge in [-0.2, -0.15) is 0 Å². The van der Waals surface area contributed by atoms with Crippen molar-refractivity contribution >= 4 is 40.6 Å². The molecule has 5 nitrogen and oxygen atoms in total. The number of aliphatic imine (C=N–C) groups is 1. The van der Waals surface area contributed by atoms with E-state index >= 15 is 0 Å². The van der Waals surface area contributed by atoms with E-state index in [4.69, 9.17) is 5.11 Å². The maximum Gasteiger partial charge on any atom is 0.335 e. The van der Waals surface area contributed by atoms with Crippen LogP contribution in [0.3, 0.4) is 0 Å². The Morgan fingerprint density at radius 2 is 1.82 bits per heavy atom. The van der Waals surface area contributed by atoms with Crippen molar-refractivity contribution in [1.29, 1.82) is 0 Å². The van der Waals surface area contributed by atoms with E-state index in [0.717, 1.165) is 29.7 Å². The normalized spacial score (nSPS) is 16.9. The molecule has 2 aromatic rings. The fourth-order valence-corrected chi connectivity index (χ4v) is 3.73. The highest BCUT2D eigenvalue weighted by molar-refractivity contribution is 8.18. The summed E-state index contributed by atoms with van der Waals surface area (Å²) in [4.78, 5) is 30.9. The summed E-state index contributed by atoms with van der Waals surface area (Å²) in [7, 11) is 0. The number of rotatable bonds is 6. The van der Waals surface area contributed by atoms with Crippen LogP contribution in [0, 0.1) is 6.92 Å². The van der Waals surface area contributed by atoms with Crippen molar-refractivity contribution in [3.63, 3.8) is 0 Å². The molecule has 0 aromatic heterocycles. The van der Waals surface area contributed by atoms with E-state index < -0.39 is 5.97 Å². The van der Waals surface area contributed by atoms with E-state index in [0.29, 0.717) is 16.6 Å². The van der Waals surface area contributed by atoms with Gasteiger partial charge in [-0.15, -0.1) is 0 Å². The van der Waals surface area contributed by atoms with Gasteiger partial charge in [-0.1, -0.05) is 43.2 Å². The fourth-order valence-electron chi connectivity index (χ4n) is 2.71. The van der Waals surface area contributed by atoms with Gasteiger partial charge in [0.15, 0.2) is 5.17 Å². The maximum atomic E-state index is 12.9. The fraction of sp³-hybridized carbons (Fsp3) is 0.227. The van der Waals surface area contributed by atoms with Crippen LogP contribution in [0.25, 0.3) is 6.08 Å². The molecule has 1 saturated heterocycles. The third-order valence-corrected chi connectivity index (χ3v) is 5.34. The number of thioether (sulfide) groups is 1. The van der Waals surface area contributed by atoms with Crippen molar-refractivity contribution in [2.45, 2.75) is 26.7 Å². The molecule has 0 bridgehead atoms. The molecule has 3 rings (SSSR count). The first-order chi connectivity index (χ1) is 13.5. The van der Waals surface area contributed by atoms with E-state index in [-0.39, 0.29) is 11.5 Å². The number of benzene rings is 2. The number of aryl methyl sites for hydroxylation is 1. The second-order valence-electron chi connectivity index (χ2n) is 6.58. The van der Waals surface area contributed by atoms with Gasteiger partial charge in [-0.05, 0) is 61.0 Å². The molecule has 6 heteroatoms. The smallest absolute Gasteiger partial charge is 0.335 e. The lowest BCUT2D eigenvalue weighted by Gasteiger charge is -2.14. The van der Waals surface area contributed by atoms with E-state index in [2.05, 4.69) is 11.9 Å². The van der Waals surface area contributed by atoms with Gasteiger partial charge in [0, 0.05) is 6.54 Å². The molecule has 1 amide bonds. The van der Waals surface area contributed by atoms with Crippen LogP contribution in [0.5, 0.6) is 0 Å². The van der Waals surface area contributed by atoms with E-state index in [1.807, 2.05) is 31.2 Å². The number of hydrogen-bond acceptors (Lipinski definition) is 4. The van der Waals surface area contributed by atoms with Crippen LogP contribution in [0.4, 0.5) is 5.69 Å². The lowest BCUT2D eigenvalue weighted by Crippen LogP contribution is -2.30. The highest BCUT2D eigenvalue weighted by Crippen LogP contribution is 2.34. The highest BCUT2D eigenvalue weighted by Gasteiger charge is 2.32. The topological polar surface area (TPSA) is 70.0 Å². The average Bonchev–Trinajstić information content (AvgIpc) is 2.97. The van der Waals surface area contributed by atoms with Crippen LogP contribution in [0.2, 0.25) is 0 Å². The van der Waals surface area contributed by atoms with Gasteiger partial charge in [-0.3, -0.25) is 9.69 Å². The van der Waals surface area contributed by atoms with Crippen LogP contribution < -0.4 is 0 Å². The Morgan fingerprint density at radius 1 is 1.14 bits per heavy atom. The van der Waals surface area contributed by atoms with Crippen molar-refractivity contribution < 1.29 is 14.7 Å². The summed E-state index contributed by atoms with van der Waals surface area (Å²) in [6, 6.07) is 14.4. The Kier molecular flexibility index (Phi) is 6.31. The van der Waals surface area contributed by atoms with Crippen LogP contribution >= 0.6 is 11.8 Å². The van der Waals surface area contributed by atoms with E-state index in [1.165, 1.54) is 23.9 Å². The number of amidine groups is 1. The third-order valence-electron chi connectivity index (χ3n) is 4.34. The predicted molar refractivity (Wildman–Crippen MR) is 114 cm³/mol. The molecule has 28 heavy (non-hydrogen) atoms. The average molecular weight is 394 g/mol. The number of amides is 1. The first-order valence-electron chi connectivity index (χ1n) is 9.18. The number of aromatic carboxylic acids is 1. The summed E-state index contributed by atoms with van der Waals surface area (Å²) in [6.07, 6.45) is 3.68. The summed E-state index contributed by atoms with van der Waals surface area (Å²) in [5.41, 5.74) is 2.98. The summed E-state index contributed by atoms with van der Waals surface area (Å²) in [5, 5.41) is 9.69. The standard InChI is InChI=1S/C22H22N2O3S/c1-3-4-13-24-20(25)19(14-16-7-9-17(10-8-16)21(26)27)28-22(24)23-18-11-5-15(2)6-12-18/h5-12,14H,3-4,13H2,1-2H3,(H,26,27)/b19-14-,23-22?. The molecule has 0 saturated carbocycles. The Labute approximate surface area is 168 Å². The molecule has 1 heterocycles. The van der Waals surface area contributed by atoms with Gasteiger partial charge in [0.05, 0.1) is 16.2 Å². The summed E-state index contributed by atoms with van der Waals surface area (Å²) in [5.74, 6) is -1.03. The molecule has 1 fully saturated rings. The van der Waals surface area contributed by atoms with Crippen molar-refractivity contribution in [2.75, 3.05) is 6.54 Å². The predicted octanol–water partition coefficient (Wildman–Crippen LogP) is 5.10. The van der Waals surface area contributed by atoms with Crippen LogP contribution in [0.1, 0.15) is 41.3 Å². The molecule has 0 spiro atoms. The van der Waals surface area contributed by atoms with Gasteiger partial charge in [0.1, 0.15) is 0 Å². The quantitative estimate of drug-likeness (QED) is 0.692. The Morgan fingerprint density at radius 3 is 2.43 bits per heavy atom. The summed E-state index contributed by atoms with van der Waals surface area (Å²) >= 11 is 1.35. The van der Waals surface area contributed by atoms with Crippen LogP contribution in [0.15, 0.2) is 58.4 Å². The third kappa shape index (κ3) is 4.70. The second kappa shape index (κ2) is 8.89. The molecule has 0 aliphatic carbocycles. The van der Waals surface area contributed by atoms with Gasteiger partial charge < -0.3 is 5.11 Å². The zero-order chi connectivity index (χ0) is 20.1. The van der Waals surface area contributed by atoms with E-state index in [9.17, 15) is 9.59 Å². The summed E-state index contributed by atoms with van der Waals surface area (Å²) in [6.45, 7) is 4.74. The monoisotopic (exact) mass is 394 g/mol. The SMILES string of the molecule is CCCCN1C(=O)/C(=C/c2ccc(C(=O)O)cc2)SC1=Nc1ccc(C)cc1. The van der Waals surface area contributed by atoms with Gasteiger partial charge in [-0.25, -0.2) is 9.79 Å². The lowest BCUT2D eigenvalue weighted by atomic mass is 10.1. The minimum absolute atomic E-state index is 0.0633. The lowest BCUT2D eigenvalue weighted by molar-refractivity contribution is -0.122. The minimum Gasteiger partial charge on any atom is -0.478 e. The molecule has 0 atom stereocenters. The van der Waals surface area contributed by atoms with Crippen molar-refractivity contribution in [3.8, 4) is 0 Å². The number of unbranched alkanes of at least 4 members (excludes halogenated alkanes) is 1. The number of carbonyl (C=O) groups is 2. The van der Waals surface area contributed by atoms with Gasteiger partial charge in [0.25, 0.3) is 5.91 Å². The molecular weight excluding hydrogens is 372 g/mol. The molecule has 2 aromatic carbocycles. The molecule has 1 aliphatic rings. The highest BCUT2D eigenvalue weighted by atomic mass is 32.2. The Hall–Kier alpha value is -2.86. The number of hydrogen-bond donors (Lipinski definition) is 1. The molecular formula is C22H22N2O3S. The van der Waals surface area contributed by atoms with Crippen molar-refractivity contribution in [3.05, 3.63) is 70.1 Å². The van der Waals surface area contributed by atoms with Crippen molar-refractivity contribution in [2.24, 2.45) is 4.99 Å². The molecule has 0 unspecified atom stereocenters. The van der Waals surface area contributed by atoms with Gasteiger partial charge in [0.2, 0.25) is 0 Å². The zero-order valence-corrected chi connectivity index (χ0v) is 16.7. The first kappa shape index (κ1) is 19.9. The second-order valence-corrected chi connectivity index (χ2v) is 7.59. The Bertz CT molecular complexity index is 931. The van der Waals surface area contributed by atoms with E-state index in [1.54, 1.807) is 23.1 Å². The number of carbonyl (C=O) groups excluding carboxylic acids is 1. The van der Waals surface area contributed by atoms with Crippen LogP contribution in [-0.4, -0.2) is 33.6 Å². The van der Waals surface area contributed by atoms with Crippen molar-refractivity contribution in [1.82, 2.24) is 4.90 Å². The van der Waals surface area contributed by atoms with Gasteiger partial charge >= 0.3 is 5.97 Å². The number of carboxylic acids is 1. The van der Waals surface area contributed by atoms with Crippen LogP contribution in [-0.2, 0) is 4.79 Å². The largest absolute Gasteiger partial charge is 0.478 e.